The summed E-state index contributed by atoms with van der Waals surface area (Å²) >= 11 is 1.46. The quantitative estimate of drug-likeness (QED) is 0.592. The molecule has 0 aliphatic carbocycles. The molecule has 4 heterocycles. The first-order valence-corrected chi connectivity index (χ1v) is 8.38. The molecule has 0 fully saturated rings. The van der Waals surface area contributed by atoms with Crippen LogP contribution in [0.3, 0.4) is 0 Å². The van der Waals surface area contributed by atoms with E-state index in [1.165, 1.54) is 11.3 Å². The van der Waals surface area contributed by atoms with Crippen LogP contribution >= 0.6 is 11.3 Å². The molecule has 1 N–H and O–H groups in total. The molecule has 0 radical (unpaired) electrons. The zero-order valence-electron chi connectivity index (χ0n) is 13.0. The highest BCUT2D eigenvalue weighted by atomic mass is 32.1. The van der Waals surface area contributed by atoms with E-state index >= 15 is 0 Å². The lowest BCUT2D eigenvalue weighted by Crippen LogP contribution is -2.24. The van der Waals surface area contributed by atoms with Gasteiger partial charge in [0.05, 0.1) is 18.3 Å². The number of hydrogen-bond acceptors (Lipinski definition) is 6. The molecule has 0 unspecified atom stereocenters. The lowest BCUT2D eigenvalue weighted by molar-refractivity contribution is -0.121. The van der Waals surface area contributed by atoms with Crippen molar-refractivity contribution in [1.82, 2.24) is 34.5 Å². The largest absolute Gasteiger partial charge is 0.349 e. The Bertz CT molecular complexity index is 1020. The Morgan fingerprint density at radius 1 is 1.33 bits per heavy atom. The lowest BCUT2D eigenvalue weighted by Gasteiger charge is -2.04. The fraction of sp³-hybridized carbons (Fsp3) is 0.267. The minimum absolute atomic E-state index is 0.0228. The zero-order valence-corrected chi connectivity index (χ0v) is 13.8. The number of aryl methyl sites for hydroxylation is 2. The Balaban J connectivity index is 1.35. The first-order valence-electron chi connectivity index (χ1n) is 7.56. The molecule has 0 bridgehead atoms. The number of nitrogens with zero attached hydrogens (tertiary/aromatic N) is 6. The summed E-state index contributed by atoms with van der Waals surface area (Å²) in [6.45, 7) is 2.26. The number of fused-ring (bicyclic) bond motifs is 2. The molecule has 8 nitrogen and oxygen atoms in total. The Morgan fingerprint density at radius 3 is 3.12 bits per heavy atom. The van der Waals surface area contributed by atoms with Gasteiger partial charge in [0.1, 0.15) is 10.8 Å². The van der Waals surface area contributed by atoms with E-state index in [2.05, 4.69) is 25.6 Å². The van der Waals surface area contributed by atoms with Crippen molar-refractivity contribution in [2.45, 2.75) is 26.3 Å². The van der Waals surface area contributed by atoms with Crippen LogP contribution in [0.2, 0.25) is 0 Å². The first kappa shape index (κ1) is 14.8. The molecule has 0 atom stereocenters. The first-order chi connectivity index (χ1) is 11.7. The molecule has 4 aromatic heterocycles. The van der Waals surface area contributed by atoms with Crippen LogP contribution in [0.25, 0.3) is 10.5 Å². The van der Waals surface area contributed by atoms with Crippen molar-refractivity contribution in [2.75, 3.05) is 0 Å². The molecule has 4 aromatic rings. The number of amides is 1. The molecule has 0 spiro atoms. The Labute approximate surface area is 141 Å². The highest BCUT2D eigenvalue weighted by Crippen LogP contribution is 2.15. The molecule has 0 saturated carbocycles. The van der Waals surface area contributed by atoms with Gasteiger partial charge in [-0.15, -0.1) is 10.2 Å². The molecular weight excluding hydrogens is 326 g/mol. The number of aromatic nitrogens is 6. The van der Waals surface area contributed by atoms with Crippen LogP contribution in [-0.4, -0.2) is 35.1 Å². The third-order valence-electron chi connectivity index (χ3n) is 3.71. The summed E-state index contributed by atoms with van der Waals surface area (Å²) in [4.78, 5) is 17.2. The smallest absolute Gasteiger partial charge is 0.234 e. The second-order valence-electron chi connectivity index (χ2n) is 5.38. The van der Waals surface area contributed by atoms with Crippen molar-refractivity contribution in [1.29, 1.82) is 0 Å². The molecule has 1 amide bonds. The number of imidazole rings is 1. The van der Waals surface area contributed by atoms with Gasteiger partial charge in [0, 0.05) is 19.0 Å². The van der Waals surface area contributed by atoms with E-state index in [4.69, 9.17) is 0 Å². The Kier molecular flexibility index (Phi) is 3.69. The van der Waals surface area contributed by atoms with E-state index in [0.717, 1.165) is 27.1 Å². The highest BCUT2D eigenvalue weighted by Gasteiger charge is 2.11. The molecular formula is C15H15N7OS. The van der Waals surface area contributed by atoms with Crippen LogP contribution in [0.4, 0.5) is 0 Å². The molecule has 122 valence electrons. The minimum atomic E-state index is -0.0228. The van der Waals surface area contributed by atoms with Crippen molar-refractivity contribution in [3.8, 4) is 0 Å². The average Bonchev–Trinajstić information content (AvgIpc) is 3.27. The summed E-state index contributed by atoms with van der Waals surface area (Å²) in [5.41, 5.74) is 1.01. The monoisotopic (exact) mass is 341 g/mol. The maximum absolute atomic E-state index is 12.1. The van der Waals surface area contributed by atoms with Crippen molar-refractivity contribution in [3.63, 3.8) is 0 Å². The number of carbonyl (C=O) groups is 1. The average molecular weight is 341 g/mol. The number of hydrogen-bond donors (Lipinski definition) is 1. The van der Waals surface area contributed by atoms with Crippen LogP contribution in [0.1, 0.15) is 23.1 Å². The number of rotatable bonds is 5. The minimum Gasteiger partial charge on any atom is -0.349 e. The summed E-state index contributed by atoms with van der Waals surface area (Å²) < 4.78 is 3.67. The highest BCUT2D eigenvalue weighted by molar-refractivity contribution is 7.16. The van der Waals surface area contributed by atoms with Crippen LogP contribution in [0.5, 0.6) is 0 Å². The molecule has 0 aliphatic rings. The number of pyridine rings is 1. The van der Waals surface area contributed by atoms with Gasteiger partial charge < -0.3 is 9.72 Å². The van der Waals surface area contributed by atoms with Crippen molar-refractivity contribution < 1.29 is 4.79 Å². The summed E-state index contributed by atoms with van der Waals surface area (Å²) in [6.07, 6.45) is 4.70. The molecule has 0 saturated heterocycles. The fourth-order valence-corrected chi connectivity index (χ4v) is 3.35. The Hall–Kier alpha value is -2.81. The van der Waals surface area contributed by atoms with Gasteiger partial charge >= 0.3 is 0 Å². The maximum Gasteiger partial charge on any atom is 0.234 e. The third kappa shape index (κ3) is 2.73. The van der Waals surface area contributed by atoms with E-state index in [1.807, 2.05) is 35.7 Å². The fourth-order valence-electron chi connectivity index (χ4n) is 2.47. The zero-order chi connectivity index (χ0) is 16.5. The predicted octanol–water partition coefficient (Wildman–Crippen LogP) is 1.39. The van der Waals surface area contributed by atoms with Gasteiger partial charge in [-0.1, -0.05) is 17.4 Å². The summed E-state index contributed by atoms with van der Waals surface area (Å²) in [7, 11) is 0. The topological polar surface area (TPSA) is 89.5 Å². The van der Waals surface area contributed by atoms with Gasteiger partial charge in [0.2, 0.25) is 10.9 Å². The van der Waals surface area contributed by atoms with Gasteiger partial charge in [-0.3, -0.25) is 4.79 Å². The molecule has 0 aliphatic heterocycles. The van der Waals surface area contributed by atoms with E-state index < -0.39 is 0 Å². The van der Waals surface area contributed by atoms with E-state index in [9.17, 15) is 4.79 Å². The molecule has 24 heavy (non-hydrogen) atoms. The van der Waals surface area contributed by atoms with Gasteiger partial charge in [-0.25, -0.2) is 4.98 Å². The molecule has 9 heteroatoms. The SMILES string of the molecule is Cc1nnc2sc(CCC(=O)NCc3ncc4ccccn34)nn12. The van der Waals surface area contributed by atoms with Crippen LogP contribution < -0.4 is 5.32 Å². The van der Waals surface area contributed by atoms with E-state index in [1.54, 1.807) is 10.7 Å². The lowest BCUT2D eigenvalue weighted by atomic mass is 10.3. The van der Waals surface area contributed by atoms with E-state index in [0.29, 0.717) is 19.4 Å². The standard InChI is InChI=1S/C15H15N7OS/c1-10-18-19-15-22(10)20-14(24-15)6-5-13(23)17-9-12-16-8-11-4-2-3-7-21(11)12/h2-4,7-8H,5-6,9H2,1H3,(H,17,23). The van der Waals surface area contributed by atoms with Crippen molar-refractivity contribution in [2.24, 2.45) is 0 Å². The van der Waals surface area contributed by atoms with Crippen molar-refractivity contribution in [3.05, 3.63) is 47.2 Å². The summed E-state index contributed by atoms with van der Waals surface area (Å²) in [5, 5.41) is 16.2. The second-order valence-corrected chi connectivity index (χ2v) is 6.42. The molecule has 0 aromatic carbocycles. The van der Waals surface area contributed by atoms with Crippen LogP contribution in [0.15, 0.2) is 30.6 Å². The maximum atomic E-state index is 12.1. The van der Waals surface area contributed by atoms with Gasteiger partial charge in [-0.05, 0) is 19.1 Å². The van der Waals surface area contributed by atoms with E-state index in [-0.39, 0.29) is 5.91 Å². The predicted molar refractivity (Wildman–Crippen MR) is 88.8 cm³/mol. The van der Waals surface area contributed by atoms with Gasteiger partial charge in [0.25, 0.3) is 0 Å². The third-order valence-corrected chi connectivity index (χ3v) is 4.67. The number of nitrogens with one attached hydrogen (secondary N) is 1. The van der Waals surface area contributed by atoms with Crippen molar-refractivity contribution >= 4 is 27.7 Å². The van der Waals surface area contributed by atoms with Crippen LogP contribution in [0, 0.1) is 6.92 Å². The van der Waals surface area contributed by atoms with Gasteiger partial charge in [-0.2, -0.15) is 9.61 Å². The normalized spacial score (nSPS) is 11.4. The molecule has 4 rings (SSSR count). The van der Waals surface area contributed by atoms with Crippen LogP contribution in [-0.2, 0) is 17.8 Å². The number of carbonyl (C=O) groups excluding carboxylic acids is 1. The summed E-state index contributed by atoms with van der Waals surface area (Å²) in [6, 6.07) is 5.88. The summed E-state index contributed by atoms with van der Waals surface area (Å²) in [5.74, 6) is 1.54. The second kappa shape index (κ2) is 6.00. The van der Waals surface area contributed by atoms with Gasteiger partial charge in [0.15, 0.2) is 5.82 Å². The Morgan fingerprint density at radius 2 is 2.25 bits per heavy atom.